The minimum Gasteiger partial charge on any atom is -0.236 e. The highest BCUT2D eigenvalue weighted by Gasteiger charge is 2.32. The first kappa shape index (κ1) is 11.4. The second-order valence-electron chi connectivity index (χ2n) is 5.80. The maximum Gasteiger partial charge on any atom is 0.116 e. The topological polar surface area (TPSA) is 25.8 Å². The van der Waals surface area contributed by atoms with E-state index >= 15 is 0 Å². The number of hydrogen-bond donors (Lipinski definition) is 0. The Balaban J connectivity index is 2.57. The third-order valence-corrected chi connectivity index (χ3v) is 4.41. The number of hydrogen-bond acceptors (Lipinski definition) is 2. The fourth-order valence-corrected chi connectivity index (χ4v) is 2.96. The number of aryl methyl sites for hydroxylation is 1. The van der Waals surface area contributed by atoms with Gasteiger partial charge < -0.3 is 0 Å². The summed E-state index contributed by atoms with van der Waals surface area (Å²) in [5.41, 5.74) is 7.55. The number of aromatic nitrogens is 2. The summed E-state index contributed by atoms with van der Waals surface area (Å²) in [6.45, 7) is 11.1. The second-order valence-corrected chi connectivity index (χ2v) is 5.80. The van der Waals surface area contributed by atoms with Crippen molar-refractivity contribution in [3.05, 3.63) is 40.9 Å². The minimum atomic E-state index is 0.0616. The standard InChI is InChI=1S/C16H18N2/c1-9-6-12-14-13(7-9)17-8-18-15(14)10(2)11(3)16(12,4)5/h6-8H,1-5H3. The molecule has 1 aromatic heterocycles. The summed E-state index contributed by atoms with van der Waals surface area (Å²) in [5, 5.41) is 1.23. The lowest BCUT2D eigenvalue weighted by atomic mass is 9.70. The van der Waals surface area contributed by atoms with Gasteiger partial charge in [0.05, 0.1) is 11.2 Å². The third kappa shape index (κ3) is 1.29. The second kappa shape index (κ2) is 3.41. The van der Waals surface area contributed by atoms with Crippen LogP contribution in [-0.2, 0) is 5.41 Å². The van der Waals surface area contributed by atoms with Crippen LogP contribution < -0.4 is 0 Å². The molecule has 0 fully saturated rings. The van der Waals surface area contributed by atoms with Crippen molar-refractivity contribution in [2.45, 2.75) is 40.0 Å². The molecule has 0 aliphatic heterocycles. The quantitative estimate of drug-likeness (QED) is 0.692. The highest BCUT2D eigenvalue weighted by atomic mass is 14.8. The summed E-state index contributed by atoms with van der Waals surface area (Å²) in [6, 6.07) is 4.43. The van der Waals surface area contributed by atoms with Crippen molar-refractivity contribution in [2.24, 2.45) is 0 Å². The zero-order valence-electron chi connectivity index (χ0n) is 11.6. The van der Waals surface area contributed by atoms with Gasteiger partial charge in [-0.05, 0) is 43.5 Å². The summed E-state index contributed by atoms with van der Waals surface area (Å²) in [6.07, 6.45) is 1.68. The van der Waals surface area contributed by atoms with Crippen molar-refractivity contribution in [1.29, 1.82) is 0 Å². The smallest absolute Gasteiger partial charge is 0.116 e. The summed E-state index contributed by atoms with van der Waals surface area (Å²) >= 11 is 0. The first-order chi connectivity index (χ1) is 8.43. The Hall–Kier alpha value is -1.70. The molecule has 0 radical (unpaired) electrons. The molecule has 1 aromatic carbocycles. The molecule has 1 aliphatic rings. The Labute approximate surface area is 108 Å². The number of allylic oxidation sites excluding steroid dienone is 2. The van der Waals surface area contributed by atoms with Crippen molar-refractivity contribution in [1.82, 2.24) is 9.97 Å². The molecule has 2 nitrogen and oxygen atoms in total. The van der Waals surface area contributed by atoms with E-state index in [1.54, 1.807) is 6.33 Å². The van der Waals surface area contributed by atoms with Gasteiger partial charge in [0, 0.05) is 10.8 Å². The average Bonchev–Trinajstić information content (AvgIpc) is 2.33. The van der Waals surface area contributed by atoms with Gasteiger partial charge in [0.25, 0.3) is 0 Å². The molecule has 1 aliphatic carbocycles. The Kier molecular flexibility index (Phi) is 2.16. The van der Waals surface area contributed by atoms with Crippen LogP contribution in [0.15, 0.2) is 24.0 Å². The maximum absolute atomic E-state index is 4.50. The molecule has 0 N–H and O–H groups in total. The van der Waals surface area contributed by atoms with Crippen LogP contribution in [-0.4, -0.2) is 9.97 Å². The van der Waals surface area contributed by atoms with Crippen LogP contribution in [0.5, 0.6) is 0 Å². The lowest BCUT2D eigenvalue weighted by molar-refractivity contribution is 0.625. The summed E-state index contributed by atoms with van der Waals surface area (Å²) < 4.78 is 0. The molecular formula is C16H18N2. The van der Waals surface area contributed by atoms with E-state index in [4.69, 9.17) is 0 Å². The lowest BCUT2D eigenvalue weighted by Crippen LogP contribution is -2.24. The van der Waals surface area contributed by atoms with Crippen LogP contribution in [0.25, 0.3) is 16.5 Å². The SMILES string of the molecule is CC1=C(C)C(C)(C)c2cc(C)cc3ncnc1c23. The highest BCUT2D eigenvalue weighted by molar-refractivity contribution is 5.97. The van der Waals surface area contributed by atoms with Crippen molar-refractivity contribution in [2.75, 3.05) is 0 Å². The summed E-state index contributed by atoms with van der Waals surface area (Å²) in [7, 11) is 0. The zero-order valence-corrected chi connectivity index (χ0v) is 11.6. The number of benzene rings is 1. The Morgan fingerprint density at radius 2 is 1.72 bits per heavy atom. The molecule has 0 spiro atoms. The van der Waals surface area contributed by atoms with E-state index in [0.29, 0.717) is 0 Å². The highest BCUT2D eigenvalue weighted by Crippen LogP contribution is 2.45. The number of nitrogens with zero attached hydrogens (tertiary/aromatic N) is 2. The third-order valence-electron chi connectivity index (χ3n) is 4.41. The Morgan fingerprint density at radius 1 is 1.00 bits per heavy atom. The molecule has 92 valence electrons. The van der Waals surface area contributed by atoms with Crippen molar-refractivity contribution in [3.8, 4) is 0 Å². The van der Waals surface area contributed by atoms with Crippen molar-refractivity contribution >= 4 is 16.5 Å². The van der Waals surface area contributed by atoms with Crippen LogP contribution >= 0.6 is 0 Å². The molecule has 18 heavy (non-hydrogen) atoms. The van der Waals surface area contributed by atoms with E-state index in [-0.39, 0.29) is 5.41 Å². The Morgan fingerprint density at radius 3 is 2.44 bits per heavy atom. The fraction of sp³-hybridized carbons (Fsp3) is 0.375. The van der Waals surface area contributed by atoms with E-state index < -0.39 is 0 Å². The minimum absolute atomic E-state index is 0.0616. The van der Waals surface area contributed by atoms with E-state index in [0.717, 1.165) is 11.2 Å². The molecule has 0 unspecified atom stereocenters. The summed E-state index contributed by atoms with van der Waals surface area (Å²) in [4.78, 5) is 8.93. The molecule has 0 amide bonds. The van der Waals surface area contributed by atoms with Crippen molar-refractivity contribution < 1.29 is 0 Å². The van der Waals surface area contributed by atoms with E-state index in [9.17, 15) is 0 Å². The van der Waals surface area contributed by atoms with E-state index in [1.165, 1.54) is 27.7 Å². The van der Waals surface area contributed by atoms with Gasteiger partial charge in [-0.2, -0.15) is 0 Å². The number of rotatable bonds is 0. The largest absolute Gasteiger partial charge is 0.236 e. The molecule has 0 bridgehead atoms. The van der Waals surface area contributed by atoms with Gasteiger partial charge in [-0.15, -0.1) is 0 Å². The Bertz CT molecular complexity index is 694. The first-order valence-electron chi connectivity index (χ1n) is 6.37. The lowest BCUT2D eigenvalue weighted by Gasteiger charge is -2.34. The van der Waals surface area contributed by atoms with E-state index in [1.807, 2.05) is 0 Å². The van der Waals surface area contributed by atoms with Crippen LogP contribution in [0.2, 0.25) is 0 Å². The van der Waals surface area contributed by atoms with Gasteiger partial charge in [0.15, 0.2) is 0 Å². The maximum atomic E-state index is 4.50. The molecule has 0 saturated heterocycles. The molecule has 0 saturated carbocycles. The molecular weight excluding hydrogens is 220 g/mol. The molecule has 0 atom stereocenters. The predicted octanol–water partition coefficient (Wildman–Crippen LogP) is 4.02. The molecule has 1 heterocycles. The van der Waals surface area contributed by atoms with Gasteiger partial charge in [-0.25, -0.2) is 9.97 Å². The summed E-state index contributed by atoms with van der Waals surface area (Å²) in [5.74, 6) is 0. The monoisotopic (exact) mass is 238 g/mol. The van der Waals surface area contributed by atoms with Crippen LogP contribution in [0.1, 0.15) is 44.5 Å². The fourth-order valence-electron chi connectivity index (χ4n) is 2.96. The van der Waals surface area contributed by atoms with Crippen LogP contribution in [0.4, 0.5) is 0 Å². The van der Waals surface area contributed by atoms with E-state index in [2.05, 4.69) is 56.7 Å². The van der Waals surface area contributed by atoms with Crippen LogP contribution in [0, 0.1) is 6.92 Å². The van der Waals surface area contributed by atoms with Gasteiger partial charge in [-0.3, -0.25) is 0 Å². The van der Waals surface area contributed by atoms with Gasteiger partial charge in [0.2, 0.25) is 0 Å². The first-order valence-corrected chi connectivity index (χ1v) is 6.37. The normalized spacial score (nSPS) is 17.4. The van der Waals surface area contributed by atoms with Crippen molar-refractivity contribution in [3.63, 3.8) is 0 Å². The molecule has 3 rings (SSSR count). The molecule has 2 aromatic rings. The average molecular weight is 238 g/mol. The molecule has 2 heteroatoms. The zero-order chi connectivity index (χ0) is 13.1. The van der Waals surface area contributed by atoms with Gasteiger partial charge in [-0.1, -0.05) is 25.5 Å². The van der Waals surface area contributed by atoms with Gasteiger partial charge >= 0.3 is 0 Å². The van der Waals surface area contributed by atoms with Crippen LogP contribution in [0.3, 0.4) is 0 Å². The predicted molar refractivity (Wildman–Crippen MR) is 75.6 cm³/mol. The van der Waals surface area contributed by atoms with Gasteiger partial charge in [0.1, 0.15) is 6.33 Å².